The first kappa shape index (κ1) is 33.6. The summed E-state index contributed by atoms with van der Waals surface area (Å²) in [5, 5.41) is 3.47. The van der Waals surface area contributed by atoms with E-state index in [1.54, 1.807) is 66.7 Å². The zero-order valence-corrected chi connectivity index (χ0v) is 27.0. The minimum absolute atomic E-state index is 0.0380. The Morgan fingerprint density at radius 3 is 2.02 bits per heavy atom. The zero-order valence-electron chi connectivity index (χ0n) is 25.4. The summed E-state index contributed by atoms with van der Waals surface area (Å²) in [5.41, 5.74) is 1.03. The third-order valence-corrected chi connectivity index (χ3v) is 9.24. The molecule has 1 N–H and O–H groups in total. The van der Waals surface area contributed by atoms with Crippen molar-refractivity contribution in [2.75, 3.05) is 17.4 Å². The Bertz CT molecular complexity index is 1630. The van der Waals surface area contributed by atoms with E-state index < -0.39 is 28.5 Å². The Morgan fingerprint density at radius 1 is 0.822 bits per heavy atom. The average molecular weight is 648 g/mol. The van der Waals surface area contributed by atoms with Gasteiger partial charge >= 0.3 is 0 Å². The number of unbranched alkanes of at least 4 members (excludes halogenated alkanes) is 1. The number of sulfonamides is 1. The average Bonchev–Trinajstić information content (AvgIpc) is 3.06. The van der Waals surface area contributed by atoms with Crippen LogP contribution in [0.2, 0.25) is 5.02 Å². The molecule has 10 heteroatoms. The second kappa shape index (κ2) is 16.1. The molecule has 8 nitrogen and oxygen atoms in total. The van der Waals surface area contributed by atoms with E-state index >= 15 is 0 Å². The third kappa shape index (κ3) is 9.09. The van der Waals surface area contributed by atoms with Gasteiger partial charge in [0.1, 0.15) is 24.1 Å². The van der Waals surface area contributed by atoms with Crippen LogP contribution in [0.15, 0.2) is 114 Å². The molecule has 0 saturated heterocycles. The number of carbonyl (C=O) groups is 2. The summed E-state index contributed by atoms with van der Waals surface area (Å²) in [6.45, 7) is 3.92. The number of benzene rings is 4. The van der Waals surface area contributed by atoms with Crippen LogP contribution in [0.1, 0.15) is 38.7 Å². The fourth-order valence-corrected chi connectivity index (χ4v) is 6.33. The maximum atomic E-state index is 14.2. The van der Waals surface area contributed by atoms with Gasteiger partial charge in [0.05, 0.1) is 10.6 Å². The van der Waals surface area contributed by atoms with Crippen LogP contribution in [0.3, 0.4) is 0 Å². The van der Waals surface area contributed by atoms with E-state index in [0.29, 0.717) is 29.5 Å². The maximum Gasteiger partial charge on any atom is 0.264 e. The summed E-state index contributed by atoms with van der Waals surface area (Å²) in [6.07, 6.45) is 2.06. The molecular weight excluding hydrogens is 610 g/mol. The highest BCUT2D eigenvalue weighted by atomic mass is 35.5. The van der Waals surface area contributed by atoms with Crippen LogP contribution < -0.4 is 14.4 Å². The predicted octanol–water partition coefficient (Wildman–Crippen LogP) is 7.05. The lowest BCUT2D eigenvalue weighted by Crippen LogP contribution is -2.52. The first-order valence-corrected chi connectivity index (χ1v) is 16.8. The number of halogens is 1. The monoisotopic (exact) mass is 647 g/mol. The Hall–Kier alpha value is -4.34. The molecule has 4 aromatic rings. The van der Waals surface area contributed by atoms with Gasteiger partial charge < -0.3 is 15.0 Å². The molecular formula is C35H38ClN3O5S. The van der Waals surface area contributed by atoms with Gasteiger partial charge in [0.15, 0.2) is 0 Å². The molecule has 0 bridgehead atoms. The van der Waals surface area contributed by atoms with Gasteiger partial charge in [0, 0.05) is 18.1 Å². The molecule has 0 saturated carbocycles. The van der Waals surface area contributed by atoms with Gasteiger partial charge in [-0.1, -0.05) is 80.4 Å². The minimum atomic E-state index is -4.18. The summed E-state index contributed by atoms with van der Waals surface area (Å²) in [4.78, 5) is 29.0. The molecule has 0 aliphatic carbocycles. The highest BCUT2D eigenvalue weighted by molar-refractivity contribution is 7.92. The lowest BCUT2D eigenvalue weighted by molar-refractivity contribution is -0.140. The van der Waals surface area contributed by atoms with Gasteiger partial charge in [0.2, 0.25) is 11.8 Å². The van der Waals surface area contributed by atoms with Gasteiger partial charge in [-0.2, -0.15) is 0 Å². The number of amides is 2. The summed E-state index contributed by atoms with van der Waals surface area (Å²) in [5.74, 6) is 0.335. The molecule has 1 atom stereocenters. The van der Waals surface area contributed by atoms with Crippen molar-refractivity contribution in [1.29, 1.82) is 0 Å². The number of nitrogens with one attached hydrogen (secondary N) is 1. The van der Waals surface area contributed by atoms with Crippen molar-refractivity contribution in [1.82, 2.24) is 10.2 Å². The third-order valence-electron chi connectivity index (χ3n) is 7.20. The van der Waals surface area contributed by atoms with E-state index in [1.807, 2.05) is 44.2 Å². The second-order valence-corrected chi connectivity index (χ2v) is 12.7. The van der Waals surface area contributed by atoms with E-state index in [9.17, 15) is 18.0 Å². The number of carbonyl (C=O) groups excluding carboxylic acids is 2. The van der Waals surface area contributed by atoms with Crippen molar-refractivity contribution in [3.8, 4) is 11.5 Å². The zero-order chi connectivity index (χ0) is 32.2. The van der Waals surface area contributed by atoms with Crippen LogP contribution in [0.5, 0.6) is 11.5 Å². The van der Waals surface area contributed by atoms with Crippen LogP contribution in [0.4, 0.5) is 5.69 Å². The van der Waals surface area contributed by atoms with Gasteiger partial charge in [-0.15, -0.1) is 0 Å². The van der Waals surface area contributed by atoms with Crippen LogP contribution in [0, 0.1) is 0 Å². The number of hydrogen-bond donors (Lipinski definition) is 1. The van der Waals surface area contributed by atoms with Crippen molar-refractivity contribution in [3.05, 3.63) is 120 Å². The van der Waals surface area contributed by atoms with E-state index in [0.717, 1.165) is 22.7 Å². The van der Waals surface area contributed by atoms with Crippen LogP contribution in [-0.4, -0.2) is 44.3 Å². The first-order valence-electron chi connectivity index (χ1n) is 14.9. The molecule has 0 aliphatic heterocycles. The fraction of sp³-hybridized carbons (Fsp3) is 0.257. The number of rotatable bonds is 15. The van der Waals surface area contributed by atoms with Crippen molar-refractivity contribution < 1.29 is 22.7 Å². The molecule has 0 radical (unpaired) electrons. The quantitative estimate of drug-likeness (QED) is 0.140. The number of para-hydroxylation sites is 1. The highest BCUT2D eigenvalue weighted by Gasteiger charge is 2.33. The van der Waals surface area contributed by atoms with Gasteiger partial charge in [-0.25, -0.2) is 8.42 Å². The summed E-state index contributed by atoms with van der Waals surface area (Å²) < 4.78 is 35.1. The second-order valence-electron chi connectivity index (χ2n) is 10.5. The normalized spacial score (nSPS) is 11.8. The van der Waals surface area contributed by atoms with Crippen LogP contribution in [0.25, 0.3) is 0 Å². The molecule has 45 heavy (non-hydrogen) atoms. The van der Waals surface area contributed by atoms with E-state index in [2.05, 4.69) is 5.32 Å². The molecule has 0 unspecified atom stereocenters. The van der Waals surface area contributed by atoms with Gasteiger partial charge in [-0.05, 0) is 79.1 Å². The molecule has 0 heterocycles. The predicted molar refractivity (Wildman–Crippen MR) is 178 cm³/mol. The lowest BCUT2D eigenvalue weighted by atomic mass is 10.1. The van der Waals surface area contributed by atoms with E-state index in [1.165, 1.54) is 17.0 Å². The van der Waals surface area contributed by atoms with E-state index in [-0.39, 0.29) is 23.0 Å². The van der Waals surface area contributed by atoms with Crippen molar-refractivity contribution in [2.24, 2.45) is 0 Å². The SMILES string of the molecule is CCCCNC(=O)[C@@H](CC)N(Cc1ccc(Cl)cc1)C(=O)CN(c1ccc(Oc2ccccc2)cc1)S(=O)(=O)c1ccccc1. The van der Waals surface area contributed by atoms with Crippen LogP contribution in [-0.2, 0) is 26.2 Å². The molecule has 4 rings (SSSR count). The van der Waals surface area contributed by atoms with Crippen LogP contribution >= 0.6 is 11.6 Å². The molecule has 236 valence electrons. The Labute approximate surface area is 270 Å². The van der Waals surface area contributed by atoms with Crippen molar-refractivity contribution in [3.63, 3.8) is 0 Å². The van der Waals surface area contributed by atoms with Crippen molar-refractivity contribution >= 4 is 39.1 Å². The molecule has 4 aromatic carbocycles. The summed E-state index contributed by atoms with van der Waals surface area (Å²) in [7, 11) is -4.18. The molecule has 2 amide bonds. The Kier molecular flexibility index (Phi) is 12.0. The lowest BCUT2D eigenvalue weighted by Gasteiger charge is -2.33. The largest absolute Gasteiger partial charge is 0.457 e. The maximum absolute atomic E-state index is 14.2. The summed E-state index contributed by atoms with van der Waals surface area (Å²) >= 11 is 6.10. The summed E-state index contributed by atoms with van der Waals surface area (Å²) in [6, 6.07) is 29.9. The van der Waals surface area contributed by atoms with E-state index in [4.69, 9.17) is 16.3 Å². The molecule has 0 fully saturated rings. The number of anilines is 1. The van der Waals surface area contributed by atoms with Gasteiger partial charge in [-0.3, -0.25) is 13.9 Å². The number of nitrogens with zero attached hydrogens (tertiary/aromatic N) is 2. The molecule has 0 aliphatic rings. The minimum Gasteiger partial charge on any atom is -0.457 e. The first-order chi connectivity index (χ1) is 21.7. The topological polar surface area (TPSA) is 96.0 Å². The molecule has 0 aromatic heterocycles. The number of hydrogen-bond acceptors (Lipinski definition) is 5. The van der Waals surface area contributed by atoms with Crippen molar-refractivity contribution in [2.45, 2.75) is 50.6 Å². The Morgan fingerprint density at radius 2 is 1.42 bits per heavy atom. The number of ether oxygens (including phenoxy) is 1. The highest BCUT2D eigenvalue weighted by Crippen LogP contribution is 2.29. The fourth-order valence-electron chi connectivity index (χ4n) is 4.77. The standard InChI is InChI=1S/C35H38ClN3O5S/c1-3-5-24-37-35(41)33(4-2)38(25-27-16-18-28(36)19-17-27)34(40)26-39(45(42,43)32-14-10-7-11-15-32)29-20-22-31(23-21-29)44-30-12-8-6-9-13-30/h6-23,33H,3-5,24-26H2,1-2H3,(H,37,41)/t33-/m1/s1. The smallest absolute Gasteiger partial charge is 0.264 e. The van der Waals surface area contributed by atoms with Gasteiger partial charge in [0.25, 0.3) is 10.0 Å². The Balaban J connectivity index is 1.69. The molecule has 0 spiro atoms.